The number of likely N-dealkylation sites (tertiary alicyclic amines) is 1. The van der Waals surface area contributed by atoms with E-state index >= 15 is 0 Å². The maximum absolute atomic E-state index is 11.6. The van der Waals surface area contributed by atoms with Crippen molar-refractivity contribution in [1.82, 2.24) is 4.90 Å². The van der Waals surface area contributed by atoms with Crippen molar-refractivity contribution in [2.24, 2.45) is 0 Å². The third-order valence-corrected chi connectivity index (χ3v) is 3.61. The van der Waals surface area contributed by atoms with Crippen LogP contribution in [-0.4, -0.2) is 36.3 Å². The fraction of sp³-hybridized carbons (Fsp3) is 0.438. The number of rotatable bonds is 6. The van der Waals surface area contributed by atoms with Gasteiger partial charge in [0.25, 0.3) is 0 Å². The fourth-order valence-corrected chi connectivity index (χ4v) is 2.47. The smallest absolute Gasteiger partial charge is 0.229 e. The van der Waals surface area contributed by atoms with Crippen LogP contribution in [0.4, 0.5) is 5.69 Å². The van der Waals surface area contributed by atoms with Crippen LogP contribution in [0.3, 0.4) is 0 Å². The molecule has 0 saturated carbocycles. The third-order valence-electron chi connectivity index (χ3n) is 3.61. The van der Waals surface area contributed by atoms with Crippen LogP contribution in [0.25, 0.3) is 0 Å². The van der Waals surface area contributed by atoms with Crippen molar-refractivity contribution in [3.05, 3.63) is 29.8 Å². The number of aryl methyl sites for hydroxylation is 1. The summed E-state index contributed by atoms with van der Waals surface area (Å²) in [7, 11) is 0. The van der Waals surface area contributed by atoms with Crippen LogP contribution in [0.15, 0.2) is 24.3 Å². The molecule has 0 unspecified atom stereocenters. The van der Waals surface area contributed by atoms with Gasteiger partial charge in [-0.2, -0.15) is 5.26 Å². The van der Waals surface area contributed by atoms with Crippen LogP contribution in [0.1, 0.15) is 24.8 Å². The number of benzene rings is 1. The van der Waals surface area contributed by atoms with Gasteiger partial charge in [0.1, 0.15) is 0 Å². The summed E-state index contributed by atoms with van der Waals surface area (Å²) in [6.07, 6.45) is 1.05. The summed E-state index contributed by atoms with van der Waals surface area (Å²) in [5.41, 5.74) is 2.16. The number of nitriles is 1. The number of carbonyl (C=O) groups excluding carboxylic acids is 2. The Morgan fingerprint density at radius 2 is 1.95 bits per heavy atom. The van der Waals surface area contributed by atoms with E-state index in [4.69, 9.17) is 5.26 Å². The van der Waals surface area contributed by atoms with Crippen LogP contribution in [0, 0.1) is 18.3 Å². The molecular formula is C16H19N3O2. The number of anilines is 1. The lowest BCUT2D eigenvalue weighted by Gasteiger charge is -2.26. The average molecular weight is 285 g/mol. The molecule has 21 heavy (non-hydrogen) atoms. The summed E-state index contributed by atoms with van der Waals surface area (Å²) in [6, 6.07) is 10.2. The summed E-state index contributed by atoms with van der Waals surface area (Å²) in [6.45, 7) is 3.55. The van der Waals surface area contributed by atoms with Crippen molar-refractivity contribution in [2.75, 3.05) is 24.5 Å². The second kappa shape index (κ2) is 6.89. The zero-order valence-electron chi connectivity index (χ0n) is 12.2. The summed E-state index contributed by atoms with van der Waals surface area (Å²) in [4.78, 5) is 26.7. The quantitative estimate of drug-likeness (QED) is 0.748. The molecule has 110 valence electrons. The fourth-order valence-electron chi connectivity index (χ4n) is 2.47. The molecule has 1 aromatic carbocycles. The number of carbonyl (C=O) groups is 2. The second-order valence-electron chi connectivity index (χ2n) is 5.17. The van der Waals surface area contributed by atoms with E-state index in [1.54, 1.807) is 0 Å². The summed E-state index contributed by atoms with van der Waals surface area (Å²) >= 11 is 0. The molecule has 0 radical (unpaired) electrons. The lowest BCUT2D eigenvalue weighted by molar-refractivity contribution is -0.138. The monoisotopic (exact) mass is 285 g/mol. The Bertz CT molecular complexity index is 561. The predicted molar refractivity (Wildman–Crippen MR) is 79.6 cm³/mol. The van der Waals surface area contributed by atoms with E-state index in [0.717, 1.165) is 11.3 Å². The molecule has 0 aliphatic carbocycles. The van der Waals surface area contributed by atoms with Gasteiger partial charge in [0.15, 0.2) is 0 Å². The van der Waals surface area contributed by atoms with E-state index in [2.05, 4.69) is 11.0 Å². The molecule has 5 nitrogen and oxygen atoms in total. The van der Waals surface area contributed by atoms with Gasteiger partial charge in [0.05, 0.1) is 12.5 Å². The highest BCUT2D eigenvalue weighted by molar-refractivity contribution is 6.01. The molecule has 1 aliphatic heterocycles. The lowest BCUT2D eigenvalue weighted by Crippen LogP contribution is -2.38. The van der Waals surface area contributed by atoms with Gasteiger partial charge in [-0.15, -0.1) is 0 Å². The lowest BCUT2D eigenvalue weighted by atomic mass is 10.2. The first-order valence-electron chi connectivity index (χ1n) is 7.13. The molecule has 0 bridgehead atoms. The largest absolute Gasteiger partial charge is 0.369 e. The first-order chi connectivity index (χ1) is 10.1. The Morgan fingerprint density at radius 3 is 2.57 bits per heavy atom. The molecule has 1 aliphatic rings. The van der Waals surface area contributed by atoms with Gasteiger partial charge in [0, 0.05) is 38.2 Å². The highest BCUT2D eigenvalue weighted by Crippen LogP contribution is 2.17. The van der Waals surface area contributed by atoms with Crippen molar-refractivity contribution in [2.45, 2.75) is 26.2 Å². The highest BCUT2D eigenvalue weighted by atomic mass is 16.2. The molecule has 1 aromatic rings. The van der Waals surface area contributed by atoms with Gasteiger partial charge in [-0.3, -0.25) is 14.5 Å². The molecule has 2 amide bonds. The number of nitrogens with zero attached hydrogens (tertiary/aromatic N) is 3. The van der Waals surface area contributed by atoms with E-state index in [-0.39, 0.29) is 11.8 Å². The molecule has 0 spiro atoms. The SMILES string of the molecule is Cc1cccc(N(CCC#N)CCN2C(=O)CCC2=O)c1. The standard InChI is InChI=1S/C16H19N3O2/c1-13-4-2-5-14(12-13)18(9-3-8-17)10-11-19-15(20)6-7-16(19)21/h2,4-5,12H,3,6-7,9-11H2,1H3. The van der Waals surface area contributed by atoms with Crippen molar-refractivity contribution in [3.63, 3.8) is 0 Å². The van der Waals surface area contributed by atoms with E-state index in [0.29, 0.717) is 38.9 Å². The van der Waals surface area contributed by atoms with Crippen molar-refractivity contribution < 1.29 is 9.59 Å². The van der Waals surface area contributed by atoms with E-state index < -0.39 is 0 Å². The number of amides is 2. The first kappa shape index (κ1) is 15.0. The van der Waals surface area contributed by atoms with Crippen LogP contribution >= 0.6 is 0 Å². The number of hydrogen-bond acceptors (Lipinski definition) is 4. The van der Waals surface area contributed by atoms with Gasteiger partial charge in [0.2, 0.25) is 11.8 Å². The normalized spacial score (nSPS) is 14.4. The Labute approximate surface area is 124 Å². The van der Waals surface area contributed by atoms with Crippen molar-refractivity contribution in [3.8, 4) is 6.07 Å². The minimum Gasteiger partial charge on any atom is -0.369 e. The molecular weight excluding hydrogens is 266 g/mol. The van der Waals surface area contributed by atoms with Crippen molar-refractivity contribution in [1.29, 1.82) is 5.26 Å². The Hall–Kier alpha value is -2.35. The average Bonchev–Trinajstić information content (AvgIpc) is 2.78. The Morgan fingerprint density at radius 1 is 1.24 bits per heavy atom. The van der Waals surface area contributed by atoms with E-state index in [1.807, 2.05) is 31.2 Å². The minimum absolute atomic E-state index is 0.0931. The van der Waals surface area contributed by atoms with Gasteiger partial charge in [-0.1, -0.05) is 12.1 Å². The maximum atomic E-state index is 11.6. The molecule has 1 fully saturated rings. The van der Waals surface area contributed by atoms with E-state index in [9.17, 15) is 9.59 Å². The third kappa shape index (κ3) is 3.82. The van der Waals surface area contributed by atoms with Gasteiger partial charge in [-0.25, -0.2) is 0 Å². The minimum atomic E-state index is -0.0931. The van der Waals surface area contributed by atoms with Gasteiger partial charge in [-0.05, 0) is 24.6 Å². The van der Waals surface area contributed by atoms with E-state index in [1.165, 1.54) is 4.90 Å². The topological polar surface area (TPSA) is 64.4 Å². The highest BCUT2D eigenvalue weighted by Gasteiger charge is 2.28. The number of imide groups is 1. The molecule has 0 aromatic heterocycles. The molecule has 2 rings (SSSR count). The zero-order valence-corrected chi connectivity index (χ0v) is 12.2. The van der Waals surface area contributed by atoms with Gasteiger partial charge < -0.3 is 4.90 Å². The number of hydrogen-bond donors (Lipinski definition) is 0. The summed E-state index contributed by atoms with van der Waals surface area (Å²) in [5, 5.41) is 8.79. The summed E-state index contributed by atoms with van der Waals surface area (Å²) < 4.78 is 0. The van der Waals surface area contributed by atoms with Crippen LogP contribution in [0.2, 0.25) is 0 Å². The second-order valence-corrected chi connectivity index (χ2v) is 5.17. The molecule has 5 heteroatoms. The summed E-state index contributed by atoms with van der Waals surface area (Å²) in [5.74, 6) is -0.186. The maximum Gasteiger partial charge on any atom is 0.229 e. The van der Waals surface area contributed by atoms with Gasteiger partial charge >= 0.3 is 0 Å². The molecule has 1 heterocycles. The molecule has 0 atom stereocenters. The Kier molecular flexibility index (Phi) is 4.94. The molecule has 1 saturated heterocycles. The van der Waals surface area contributed by atoms with Crippen LogP contribution < -0.4 is 4.90 Å². The Balaban J connectivity index is 2.05. The van der Waals surface area contributed by atoms with Crippen LogP contribution in [0.5, 0.6) is 0 Å². The molecule has 0 N–H and O–H groups in total. The predicted octanol–water partition coefficient (Wildman–Crippen LogP) is 1.86. The first-order valence-corrected chi connectivity index (χ1v) is 7.13. The zero-order chi connectivity index (χ0) is 15.2. The van der Waals surface area contributed by atoms with Crippen molar-refractivity contribution >= 4 is 17.5 Å². The van der Waals surface area contributed by atoms with Crippen LogP contribution in [-0.2, 0) is 9.59 Å².